The zero-order valence-corrected chi connectivity index (χ0v) is 11.3. The third kappa shape index (κ3) is 1.52. The minimum atomic E-state index is -0.0493. The zero-order chi connectivity index (χ0) is 11.9. The van der Waals surface area contributed by atoms with Gasteiger partial charge in [-0.15, -0.1) is 9.38 Å². The SMILES string of the molecule is C=CCN1C(=O)c2cnc(C)nc2[N+]1(C)I. The molecule has 0 aliphatic carbocycles. The molecule has 2 rings (SSSR count). The first-order valence-electron chi connectivity index (χ1n) is 4.82. The van der Waals surface area contributed by atoms with E-state index in [9.17, 15) is 4.79 Å². The highest BCUT2D eigenvalue weighted by Gasteiger charge is 2.48. The Hall–Kier alpha value is -1.02. The topological polar surface area (TPSA) is 46.1 Å². The number of aromatic nitrogens is 2. The summed E-state index contributed by atoms with van der Waals surface area (Å²) in [5.74, 6) is 1.36. The lowest BCUT2D eigenvalue weighted by Gasteiger charge is -2.27. The molecule has 0 saturated carbocycles. The molecule has 0 spiro atoms. The minimum absolute atomic E-state index is 0.0493. The van der Waals surface area contributed by atoms with Crippen molar-refractivity contribution >= 4 is 34.6 Å². The monoisotopic (exact) mass is 331 g/mol. The molecule has 0 fully saturated rings. The number of hydrogen-bond donors (Lipinski definition) is 0. The molecule has 1 aromatic heterocycles. The van der Waals surface area contributed by atoms with Crippen LogP contribution in [0.2, 0.25) is 0 Å². The van der Waals surface area contributed by atoms with E-state index < -0.39 is 0 Å². The van der Waals surface area contributed by atoms with Crippen molar-refractivity contribution in [2.75, 3.05) is 13.6 Å². The van der Waals surface area contributed by atoms with Gasteiger partial charge in [0.25, 0.3) is 28.7 Å². The van der Waals surface area contributed by atoms with Gasteiger partial charge in [-0.05, 0) is 6.92 Å². The number of carbonyl (C=O) groups is 1. The van der Waals surface area contributed by atoms with Gasteiger partial charge in [-0.25, -0.2) is 4.98 Å². The Morgan fingerprint density at radius 3 is 3.00 bits per heavy atom. The van der Waals surface area contributed by atoms with E-state index in [2.05, 4.69) is 39.4 Å². The summed E-state index contributed by atoms with van der Waals surface area (Å²) in [5, 5.41) is 1.69. The molecular weight excluding hydrogens is 319 g/mol. The van der Waals surface area contributed by atoms with Crippen LogP contribution in [0.1, 0.15) is 16.2 Å². The van der Waals surface area contributed by atoms with E-state index in [1.54, 1.807) is 17.3 Å². The van der Waals surface area contributed by atoms with Crippen molar-refractivity contribution in [3.63, 3.8) is 0 Å². The Kier molecular flexibility index (Phi) is 2.70. The molecule has 16 heavy (non-hydrogen) atoms. The number of halogens is 1. The Morgan fingerprint density at radius 1 is 1.69 bits per heavy atom. The lowest BCUT2D eigenvalue weighted by atomic mass is 10.3. The van der Waals surface area contributed by atoms with Gasteiger partial charge in [-0.2, -0.15) is 9.99 Å². The van der Waals surface area contributed by atoms with Crippen LogP contribution in [0.3, 0.4) is 0 Å². The van der Waals surface area contributed by atoms with Crippen molar-refractivity contribution in [2.24, 2.45) is 0 Å². The second-order valence-electron chi connectivity index (χ2n) is 3.68. The van der Waals surface area contributed by atoms with Gasteiger partial charge in [-0.3, -0.25) is 4.79 Å². The normalized spacial score (nSPS) is 23.4. The van der Waals surface area contributed by atoms with Crippen LogP contribution in [0.5, 0.6) is 0 Å². The van der Waals surface area contributed by atoms with Crippen molar-refractivity contribution in [3.05, 3.63) is 30.2 Å². The molecule has 84 valence electrons. The third-order valence-electron chi connectivity index (χ3n) is 2.50. The predicted molar refractivity (Wildman–Crippen MR) is 69.7 cm³/mol. The van der Waals surface area contributed by atoms with Gasteiger partial charge >= 0.3 is 5.91 Å². The average Bonchev–Trinajstić information content (AvgIpc) is 2.40. The number of rotatable bonds is 2. The fourth-order valence-corrected chi connectivity index (χ4v) is 2.44. The molecule has 6 heteroatoms. The van der Waals surface area contributed by atoms with Crippen LogP contribution in [0.15, 0.2) is 18.9 Å². The molecule has 1 aliphatic rings. The number of nitrogens with zero attached hydrogens (tertiary/aromatic N) is 4. The fourth-order valence-electron chi connectivity index (χ4n) is 1.70. The number of carbonyl (C=O) groups excluding carboxylic acids is 1. The van der Waals surface area contributed by atoms with E-state index in [0.29, 0.717) is 20.7 Å². The Balaban J connectivity index is 2.57. The van der Waals surface area contributed by atoms with E-state index >= 15 is 0 Å². The Morgan fingerprint density at radius 2 is 2.38 bits per heavy atom. The summed E-state index contributed by atoms with van der Waals surface area (Å²) < 4.78 is 0.293. The molecule has 1 unspecified atom stereocenters. The van der Waals surface area contributed by atoms with Crippen LogP contribution >= 0.6 is 22.9 Å². The van der Waals surface area contributed by atoms with Gasteiger partial charge in [0, 0.05) is 6.20 Å². The van der Waals surface area contributed by atoms with Gasteiger partial charge < -0.3 is 0 Å². The van der Waals surface area contributed by atoms with Crippen molar-refractivity contribution in [1.29, 1.82) is 0 Å². The van der Waals surface area contributed by atoms with Crippen molar-refractivity contribution in [1.82, 2.24) is 17.8 Å². The summed E-state index contributed by atoms with van der Waals surface area (Å²) in [6, 6.07) is 0. The summed E-state index contributed by atoms with van der Waals surface area (Å²) in [6.45, 7) is 5.97. The highest BCUT2D eigenvalue weighted by molar-refractivity contribution is 14.1. The summed E-state index contributed by atoms with van der Waals surface area (Å²) in [5.41, 5.74) is 0.573. The van der Waals surface area contributed by atoms with Crippen LogP contribution in [0.25, 0.3) is 0 Å². The first kappa shape index (κ1) is 11.5. The van der Waals surface area contributed by atoms with Crippen LogP contribution in [0, 0.1) is 6.92 Å². The Labute approximate surface area is 108 Å². The van der Waals surface area contributed by atoms with E-state index in [4.69, 9.17) is 0 Å². The second-order valence-corrected chi connectivity index (χ2v) is 5.56. The zero-order valence-electron chi connectivity index (χ0n) is 9.14. The average molecular weight is 331 g/mol. The smallest absolute Gasteiger partial charge is 0.263 e. The van der Waals surface area contributed by atoms with E-state index in [1.165, 1.54) is 0 Å². The third-order valence-corrected chi connectivity index (χ3v) is 3.47. The van der Waals surface area contributed by atoms with E-state index in [-0.39, 0.29) is 5.91 Å². The maximum absolute atomic E-state index is 12.1. The number of aryl methyl sites for hydroxylation is 1. The molecule has 0 N–H and O–H groups in total. The lowest BCUT2D eigenvalue weighted by molar-refractivity contribution is 0.0632. The maximum atomic E-state index is 12.1. The molecule has 5 nitrogen and oxygen atoms in total. The second kappa shape index (κ2) is 3.77. The number of hydrogen-bond acceptors (Lipinski definition) is 3. The number of fused-ring (bicyclic) bond motifs is 1. The maximum Gasteiger partial charge on any atom is 0.309 e. The van der Waals surface area contributed by atoms with Gasteiger partial charge in [-0.1, -0.05) is 6.08 Å². The minimum Gasteiger partial charge on any atom is -0.263 e. The summed E-state index contributed by atoms with van der Waals surface area (Å²) in [4.78, 5) is 20.5. The van der Waals surface area contributed by atoms with Gasteiger partial charge in [0.15, 0.2) is 0 Å². The standard InChI is InChI=1S/C10H12IN4O/c1-4-5-14-10(16)8-6-12-7(2)13-9(8)15(14,3)11/h4,6H,1,5H2,2-3H3/q+1. The van der Waals surface area contributed by atoms with Gasteiger partial charge in [0.2, 0.25) is 0 Å². The number of amides is 1. The van der Waals surface area contributed by atoms with E-state index in [1.807, 2.05) is 14.0 Å². The molecule has 0 aromatic carbocycles. The first-order valence-corrected chi connectivity index (χ1v) is 5.78. The molecule has 1 aromatic rings. The molecule has 2 heterocycles. The van der Waals surface area contributed by atoms with Crippen molar-refractivity contribution < 1.29 is 4.79 Å². The highest BCUT2D eigenvalue weighted by atomic mass is 127. The molecule has 0 radical (unpaired) electrons. The van der Waals surface area contributed by atoms with Gasteiger partial charge in [0.05, 0.1) is 6.54 Å². The van der Waals surface area contributed by atoms with Gasteiger partial charge in [0.1, 0.15) is 18.4 Å². The van der Waals surface area contributed by atoms with Crippen LogP contribution in [-0.2, 0) is 0 Å². The molecule has 0 saturated heterocycles. The number of quaternary nitrogens is 1. The highest BCUT2D eigenvalue weighted by Crippen LogP contribution is 2.37. The molecule has 1 atom stereocenters. The predicted octanol–water partition coefficient (Wildman–Crippen LogP) is 1.63. The summed E-state index contributed by atoms with van der Waals surface area (Å²) in [7, 11) is 1.92. The van der Waals surface area contributed by atoms with Crippen LogP contribution in [-0.4, -0.2) is 34.5 Å². The quantitative estimate of drug-likeness (QED) is 0.470. The fraction of sp³-hybridized carbons (Fsp3) is 0.300. The molecule has 1 amide bonds. The van der Waals surface area contributed by atoms with Crippen LogP contribution in [0.4, 0.5) is 5.82 Å². The first-order chi connectivity index (χ1) is 7.48. The molecular formula is C10H12IN4O+. The van der Waals surface area contributed by atoms with Crippen molar-refractivity contribution in [3.8, 4) is 0 Å². The molecule has 0 bridgehead atoms. The molecule has 1 aliphatic heterocycles. The summed E-state index contributed by atoms with van der Waals surface area (Å²) >= 11 is 2.18. The largest absolute Gasteiger partial charge is 0.309 e. The van der Waals surface area contributed by atoms with Crippen molar-refractivity contribution in [2.45, 2.75) is 6.92 Å². The summed E-state index contributed by atoms with van der Waals surface area (Å²) in [6.07, 6.45) is 3.30. The Bertz CT molecular complexity index is 472. The van der Waals surface area contributed by atoms with Crippen LogP contribution < -0.4 is 2.81 Å². The lowest BCUT2D eigenvalue weighted by Crippen LogP contribution is -2.49. The van der Waals surface area contributed by atoms with E-state index in [0.717, 1.165) is 5.82 Å².